The summed E-state index contributed by atoms with van der Waals surface area (Å²) in [6, 6.07) is 0. The third kappa shape index (κ3) is 2.53. The molecule has 0 amide bonds. The molecule has 2 unspecified atom stereocenters. The molecule has 0 aromatic carbocycles. The second-order valence-corrected chi connectivity index (χ2v) is 4.87. The molecule has 1 aliphatic rings. The zero-order valence-corrected chi connectivity index (χ0v) is 9.07. The minimum absolute atomic E-state index is 0.106. The Morgan fingerprint density at radius 1 is 1.53 bits per heavy atom. The normalized spacial score (nSPS) is 26.4. The number of rotatable bonds is 3. The van der Waals surface area contributed by atoms with Gasteiger partial charge in [0.15, 0.2) is 0 Å². The van der Waals surface area contributed by atoms with Gasteiger partial charge >= 0.3 is 5.97 Å². The monoisotopic (exact) mass is 227 g/mol. The maximum atomic E-state index is 11.0. The molecule has 1 heterocycles. The van der Waals surface area contributed by atoms with E-state index in [0.717, 1.165) is 25.7 Å². The van der Waals surface area contributed by atoms with Crippen molar-refractivity contribution in [1.82, 2.24) is 4.98 Å². The fourth-order valence-corrected chi connectivity index (χ4v) is 3.11. The smallest absolute Gasteiger partial charge is 0.307 e. The number of aromatic nitrogens is 1. The van der Waals surface area contributed by atoms with Gasteiger partial charge in [-0.05, 0) is 12.8 Å². The number of carboxylic acids is 1. The van der Waals surface area contributed by atoms with Crippen LogP contribution in [0, 0.1) is 5.92 Å². The largest absolute Gasteiger partial charge is 0.481 e. The van der Waals surface area contributed by atoms with Crippen molar-refractivity contribution < 1.29 is 14.3 Å². The Hall–Kier alpha value is -0.970. The zero-order chi connectivity index (χ0) is 10.7. The first-order valence-corrected chi connectivity index (χ1v) is 5.94. The summed E-state index contributed by atoms with van der Waals surface area (Å²) >= 11 is 1.45. The van der Waals surface area contributed by atoms with Gasteiger partial charge in [0.2, 0.25) is 0 Å². The maximum Gasteiger partial charge on any atom is 0.307 e. The molecule has 5 heteroatoms. The van der Waals surface area contributed by atoms with Crippen LogP contribution in [0.5, 0.6) is 0 Å². The van der Waals surface area contributed by atoms with Crippen molar-refractivity contribution in [2.45, 2.75) is 36.2 Å². The first-order chi connectivity index (χ1) is 7.27. The number of carboxylic acid groups (broad SMARTS) is 1. The van der Waals surface area contributed by atoms with Gasteiger partial charge in [-0.3, -0.25) is 4.79 Å². The molecule has 1 N–H and O–H groups in total. The molecule has 4 nitrogen and oxygen atoms in total. The van der Waals surface area contributed by atoms with Crippen molar-refractivity contribution in [1.29, 1.82) is 0 Å². The summed E-state index contributed by atoms with van der Waals surface area (Å²) in [6.45, 7) is 0. The van der Waals surface area contributed by atoms with E-state index in [1.165, 1.54) is 18.0 Å². The first kappa shape index (κ1) is 10.5. The summed E-state index contributed by atoms with van der Waals surface area (Å²) < 4.78 is 5.12. The predicted molar refractivity (Wildman–Crippen MR) is 55.7 cm³/mol. The third-order valence-corrected chi connectivity index (χ3v) is 3.95. The lowest BCUT2D eigenvalue weighted by Crippen LogP contribution is -2.28. The lowest BCUT2D eigenvalue weighted by molar-refractivity contribution is -0.142. The lowest BCUT2D eigenvalue weighted by atomic mass is 9.89. The van der Waals surface area contributed by atoms with E-state index in [-0.39, 0.29) is 11.2 Å². The molecular formula is C10H13NO3S. The summed E-state index contributed by atoms with van der Waals surface area (Å²) in [7, 11) is 0. The SMILES string of the molecule is O=C(O)C1CCCCC1Sc1ncco1. The lowest BCUT2D eigenvalue weighted by Gasteiger charge is -2.26. The Labute approximate surface area is 92.1 Å². The highest BCUT2D eigenvalue weighted by atomic mass is 32.2. The van der Waals surface area contributed by atoms with E-state index >= 15 is 0 Å². The Balaban J connectivity index is 2.02. The number of hydrogen-bond donors (Lipinski definition) is 1. The van der Waals surface area contributed by atoms with Crippen molar-refractivity contribution in [3.8, 4) is 0 Å². The number of hydrogen-bond acceptors (Lipinski definition) is 4. The van der Waals surface area contributed by atoms with Crippen LogP contribution in [0.1, 0.15) is 25.7 Å². The molecule has 0 saturated heterocycles. The summed E-state index contributed by atoms with van der Waals surface area (Å²) in [4.78, 5) is 15.0. The quantitative estimate of drug-likeness (QED) is 0.859. The molecule has 1 fully saturated rings. The minimum Gasteiger partial charge on any atom is -0.481 e. The molecule has 2 rings (SSSR count). The van der Waals surface area contributed by atoms with E-state index in [2.05, 4.69) is 4.98 Å². The van der Waals surface area contributed by atoms with E-state index in [1.807, 2.05) is 0 Å². The summed E-state index contributed by atoms with van der Waals surface area (Å²) in [6.07, 6.45) is 6.92. The van der Waals surface area contributed by atoms with Crippen LogP contribution in [-0.2, 0) is 4.79 Å². The van der Waals surface area contributed by atoms with Crippen LogP contribution in [0.25, 0.3) is 0 Å². The topological polar surface area (TPSA) is 63.3 Å². The van der Waals surface area contributed by atoms with E-state index in [0.29, 0.717) is 5.22 Å². The van der Waals surface area contributed by atoms with Crippen LogP contribution in [0.4, 0.5) is 0 Å². The zero-order valence-electron chi connectivity index (χ0n) is 8.26. The van der Waals surface area contributed by atoms with Gasteiger partial charge in [-0.2, -0.15) is 0 Å². The average molecular weight is 227 g/mol. The van der Waals surface area contributed by atoms with Crippen LogP contribution in [0.2, 0.25) is 0 Å². The molecule has 1 aromatic rings. The Morgan fingerprint density at radius 3 is 3.00 bits per heavy atom. The highest BCUT2D eigenvalue weighted by molar-refractivity contribution is 7.99. The van der Waals surface area contributed by atoms with Gasteiger partial charge < -0.3 is 9.52 Å². The van der Waals surface area contributed by atoms with E-state index in [1.54, 1.807) is 6.20 Å². The molecule has 1 saturated carbocycles. The molecule has 0 bridgehead atoms. The summed E-state index contributed by atoms with van der Waals surface area (Å²) in [5, 5.41) is 9.76. The van der Waals surface area contributed by atoms with Gasteiger partial charge in [0.1, 0.15) is 6.26 Å². The molecule has 1 aliphatic carbocycles. The second-order valence-electron chi connectivity index (χ2n) is 3.68. The number of nitrogens with zero attached hydrogens (tertiary/aromatic N) is 1. The van der Waals surface area contributed by atoms with Gasteiger partial charge in [-0.1, -0.05) is 24.6 Å². The van der Waals surface area contributed by atoms with Gasteiger partial charge in [0.25, 0.3) is 5.22 Å². The molecule has 0 spiro atoms. The van der Waals surface area contributed by atoms with Crippen LogP contribution in [-0.4, -0.2) is 21.3 Å². The fraction of sp³-hybridized carbons (Fsp3) is 0.600. The molecule has 1 aromatic heterocycles. The highest BCUT2D eigenvalue weighted by Crippen LogP contribution is 2.36. The Morgan fingerprint density at radius 2 is 2.33 bits per heavy atom. The summed E-state index contributed by atoms with van der Waals surface area (Å²) in [5.74, 6) is -0.950. The van der Waals surface area contributed by atoms with Crippen molar-refractivity contribution in [3.05, 3.63) is 12.5 Å². The molecule has 82 valence electrons. The van der Waals surface area contributed by atoms with Crippen molar-refractivity contribution in [2.24, 2.45) is 5.92 Å². The number of aliphatic carboxylic acids is 1. The fourth-order valence-electron chi connectivity index (χ4n) is 1.92. The Kier molecular flexibility index (Phi) is 3.30. The Bertz CT molecular complexity index is 325. The number of oxazole rings is 1. The molecule has 2 atom stereocenters. The minimum atomic E-state index is -0.696. The standard InChI is InChI=1S/C10H13NO3S/c12-9(13)7-3-1-2-4-8(7)15-10-11-5-6-14-10/h5-8H,1-4H2,(H,12,13). The van der Waals surface area contributed by atoms with E-state index in [9.17, 15) is 4.79 Å². The van der Waals surface area contributed by atoms with Crippen molar-refractivity contribution >= 4 is 17.7 Å². The van der Waals surface area contributed by atoms with Gasteiger partial charge in [-0.25, -0.2) is 4.98 Å². The van der Waals surface area contributed by atoms with Crippen LogP contribution < -0.4 is 0 Å². The van der Waals surface area contributed by atoms with Gasteiger partial charge in [-0.15, -0.1) is 0 Å². The third-order valence-electron chi connectivity index (χ3n) is 2.68. The first-order valence-electron chi connectivity index (χ1n) is 5.06. The van der Waals surface area contributed by atoms with Crippen LogP contribution >= 0.6 is 11.8 Å². The van der Waals surface area contributed by atoms with E-state index in [4.69, 9.17) is 9.52 Å². The molecule has 0 aliphatic heterocycles. The van der Waals surface area contributed by atoms with Gasteiger partial charge in [0, 0.05) is 5.25 Å². The highest BCUT2D eigenvalue weighted by Gasteiger charge is 2.32. The molecular weight excluding hydrogens is 214 g/mol. The van der Waals surface area contributed by atoms with Crippen molar-refractivity contribution in [3.63, 3.8) is 0 Å². The summed E-state index contributed by atoms with van der Waals surface area (Å²) in [5.41, 5.74) is 0. The van der Waals surface area contributed by atoms with Crippen molar-refractivity contribution in [2.75, 3.05) is 0 Å². The second kappa shape index (κ2) is 4.70. The number of thioether (sulfide) groups is 1. The average Bonchev–Trinajstić information content (AvgIpc) is 2.71. The van der Waals surface area contributed by atoms with E-state index < -0.39 is 5.97 Å². The van der Waals surface area contributed by atoms with Gasteiger partial charge in [0.05, 0.1) is 12.1 Å². The molecule has 0 radical (unpaired) electrons. The maximum absolute atomic E-state index is 11.0. The number of carbonyl (C=O) groups is 1. The van der Waals surface area contributed by atoms with Crippen LogP contribution in [0.15, 0.2) is 22.1 Å². The molecule has 15 heavy (non-hydrogen) atoms. The van der Waals surface area contributed by atoms with Crippen LogP contribution in [0.3, 0.4) is 0 Å². The predicted octanol–water partition coefficient (Wildman–Crippen LogP) is 2.41.